The third-order valence-corrected chi connectivity index (χ3v) is 2.29. The predicted octanol–water partition coefficient (Wildman–Crippen LogP) is 1.86. The van der Waals surface area contributed by atoms with Gasteiger partial charge in [0.1, 0.15) is 5.82 Å². The van der Waals surface area contributed by atoms with Crippen LogP contribution in [0.3, 0.4) is 0 Å². The summed E-state index contributed by atoms with van der Waals surface area (Å²) in [7, 11) is 0. The second kappa shape index (κ2) is 4.14. The number of benzene rings is 2. The monoisotopic (exact) mass is 215 g/mol. The number of hydrogen-bond acceptors (Lipinski definition) is 2. The molecule has 2 nitrogen and oxygen atoms in total. The molecule has 80 valence electrons. The Kier molecular flexibility index (Phi) is 2.68. The van der Waals surface area contributed by atoms with E-state index >= 15 is 0 Å². The van der Waals surface area contributed by atoms with Gasteiger partial charge in [-0.15, -0.1) is 0 Å². The van der Waals surface area contributed by atoms with Crippen molar-refractivity contribution < 1.29 is 14.3 Å². The van der Waals surface area contributed by atoms with Crippen LogP contribution in [-0.2, 0) is 0 Å². The molecule has 0 aromatic heterocycles. The summed E-state index contributed by atoms with van der Waals surface area (Å²) >= 11 is 0. The molecule has 16 heavy (non-hydrogen) atoms. The van der Waals surface area contributed by atoms with Gasteiger partial charge in [-0.05, 0) is 23.3 Å². The Balaban J connectivity index is 2.61. The second-order valence-corrected chi connectivity index (χ2v) is 3.34. The van der Waals surface area contributed by atoms with Gasteiger partial charge in [-0.1, -0.05) is 36.4 Å². The zero-order chi connectivity index (χ0) is 11.5. The highest BCUT2D eigenvalue weighted by molar-refractivity contribution is 5.94. The van der Waals surface area contributed by atoms with E-state index in [2.05, 4.69) is 0 Å². The fourth-order valence-corrected chi connectivity index (χ4v) is 1.55. The quantitative estimate of drug-likeness (QED) is 0.767. The van der Waals surface area contributed by atoms with Crippen LogP contribution in [0.2, 0.25) is 0 Å². The van der Waals surface area contributed by atoms with Crippen molar-refractivity contribution in [2.45, 2.75) is 0 Å². The van der Waals surface area contributed by atoms with E-state index in [1.165, 1.54) is 12.1 Å². The van der Waals surface area contributed by atoms with E-state index in [-0.39, 0.29) is 5.56 Å². The van der Waals surface area contributed by atoms with E-state index in [0.717, 1.165) is 11.6 Å². The number of hydrogen-bond donors (Lipinski definition) is 0. The molecule has 2 rings (SSSR count). The number of carboxylic acid groups (broad SMARTS) is 1. The van der Waals surface area contributed by atoms with E-state index in [1.54, 1.807) is 24.3 Å². The standard InChI is InChI=1S/C13H9FO2/c14-10-6-7-11(12(8-10)13(15)16)9-4-2-1-3-5-9/h1-8H,(H,15,16)/p-1. The van der Waals surface area contributed by atoms with Gasteiger partial charge in [-0.25, -0.2) is 4.39 Å². The van der Waals surface area contributed by atoms with Crippen molar-refractivity contribution >= 4 is 5.97 Å². The lowest BCUT2D eigenvalue weighted by molar-refractivity contribution is -0.255. The molecule has 0 fully saturated rings. The lowest BCUT2D eigenvalue weighted by atomic mass is 10.00. The van der Waals surface area contributed by atoms with Crippen LogP contribution in [-0.4, -0.2) is 5.97 Å². The van der Waals surface area contributed by atoms with Crippen LogP contribution < -0.4 is 5.11 Å². The Labute approximate surface area is 92.0 Å². The molecular weight excluding hydrogens is 207 g/mol. The first-order valence-electron chi connectivity index (χ1n) is 4.75. The van der Waals surface area contributed by atoms with Gasteiger partial charge in [-0.2, -0.15) is 0 Å². The highest BCUT2D eigenvalue weighted by atomic mass is 19.1. The Morgan fingerprint density at radius 3 is 2.38 bits per heavy atom. The van der Waals surface area contributed by atoms with Gasteiger partial charge in [0.15, 0.2) is 0 Å². The average Bonchev–Trinajstić information content (AvgIpc) is 2.30. The normalized spacial score (nSPS) is 10.1. The summed E-state index contributed by atoms with van der Waals surface area (Å²) in [5, 5.41) is 10.9. The molecule has 0 aliphatic heterocycles. The fourth-order valence-electron chi connectivity index (χ4n) is 1.55. The smallest absolute Gasteiger partial charge is 0.123 e. The molecule has 0 heterocycles. The first-order valence-corrected chi connectivity index (χ1v) is 4.75. The highest BCUT2D eigenvalue weighted by Crippen LogP contribution is 2.23. The molecule has 0 aliphatic rings. The number of carbonyl (C=O) groups excluding carboxylic acids is 1. The Hall–Kier alpha value is -2.16. The summed E-state index contributed by atoms with van der Waals surface area (Å²) in [6, 6.07) is 12.6. The molecule has 0 N–H and O–H groups in total. The lowest BCUT2D eigenvalue weighted by Gasteiger charge is -2.10. The average molecular weight is 215 g/mol. The summed E-state index contributed by atoms with van der Waals surface area (Å²) in [6.07, 6.45) is 0. The summed E-state index contributed by atoms with van der Waals surface area (Å²) in [6.45, 7) is 0. The second-order valence-electron chi connectivity index (χ2n) is 3.34. The molecule has 0 spiro atoms. The van der Waals surface area contributed by atoms with Gasteiger partial charge >= 0.3 is 0 Å². The maximum absolute atomic E-state index is 12.9. The van der Waals surface area contributed by atoms with Crippen LogP contribution in [0.15, 0.2) is 48.5 Å². The topological polar surface area (TPSA) is 40.1 Å². The van der Waals surface area contributed by atoms with Crippen LogP contribution in [0.25, 0.3) is 11.1 Å². The van der Waals surface area contributed by atoms with Crippen LogP contribution in [0.1, 0.15) is 10.4 Å². The van der Waals surface area contributed by atoms with Crippen LogP contribution in [0, 0.1) is 5.82 Å². The molecule has 0 saturated heterocycles. The third-order valence-electron chi connectivity index (χ3n) is 2.29. The van der Waals surface area contributed by atoms with Crippen LogP contribution >= 0.6 is 0 Å². The molecule has 0 saturated carbocycles. The third kappa shape index (κ3) is 1.93. The number of rotatable bonds is 2. The fraction of sp³-hybridized carbons (Fsp3) is 0. The van der Waals surface area contributed by atoms with E-state index in [0.29, 0.717) is 5.56 Å². The predicted molar refractivity (Wildman–Crippen MR) is 56.2 cm³/mol. The zero-order valence-electron chi connectivity index (χ0n) is 8.31. The van der Waals surface area contributed by atoms with Crippen molar-refractivity contribution in [2.75, 3.05) is 0 Å². The molecule has 3 heteroatoms. The van der Waals surface area contributed by atoms with Crippen molar-refractivity contribution in [3.63, 3.8) is 0 Å². The van der Waals surface area contributed by atoms with Crippen molar-refractivity contribution in [1.29, 1.82) is 0 Å². The first kappa shape index (κ1) is 10.4. The van der Waals surface area contributed by atoms with Crippen molar-refractivity contribution in [3.05, 3.63) is 59.9 Å². The largest absolute Gasteiger partial charge is 0.545 e. The van der Waals surface area contributed by atoms with Gasteiger partial charge in [0.25, 0.3) is 0 Å². The van der Waals surface area contributed by atoms with Gasteiger partial charge in [0, 0.05) is 5.56 Å². The number of carbonyl (C=O) groups is 1. The maximum Gasteiger partial charge on any atom is 0.123 e. The van der Waals surface area contributed by atoms with Gasteiger partial charge in [-0.3, -0.25) is 0 Å². The maximum atomic E-state index is 12.9. The molecule has 0 unspecified atom stereocenters. The van der Waals surface area contributed by atoms with Crippen LogP contribution in [0.5, 0.6) is 0 Å². The van der Waals surface area contributed by atoms with E-state index in [1.807, 2.05) is 6.07 Å². The molecule has 2 aromatic rings. The summed E-state index contributed by atoms with van der Waals surface area (Å²) < 4.78 is 12.9. The summed E-state index contributed by atoms with van der Waals surface area (Å²) in [4.78, 5) is 10.9. The Bertz CT molecular complexity index is 521. The van der Waals surface area contributed by atoms with Gasteiger partial charge in [0.05, 0.1) is 5.97 Å². The van der Waals surface area contributed by atoms with Gasteiger partial charge < -0.3 is 9.90 Å². The molecule has 0 amide bonds. The number of carboxylic acids is 1. The van der Waals surface area contributed by atoms with Crippen molar-refractivity contribution in [1.82, 2.24) is 0 Å². The molecule has 0 atom stereocenters. The Morgan fingerprint density at radius 1 is 1.06 bits per heavy atom. The molecule has 2 aromatic carbocycles. The SMILES string of the molecule is O=C([O-])c1cc(F)ccc1-c1ccccc1. The van der Waals surface area contributed by atoms with E-state index in [9.17, 15) is 14.3 Å². The minimum atomic E-state index is -1.38. The van der Waals surface area contributed by atoms with Crippen molar-refractivity contribution in [3.8, 4) is 11.1 Å². The van der Waals surface area contributed by atoms with E-state index in [4.69, 9.17) is 0 Å². The minimum absolute atomic E-state index is 0.133. The minimum Gasteiger partial charge on any atom is -0.545 e. The molecule has 0 radical (unpaired) electrons. The molecular formula is C13H8FO2-. The first-order chi connectivity index (χ1) is 7.68. The molecule has 0 aliphatic carbocycles. The zero-order valence-corrected chi connectivity index (χ0v) is 8.31. The lowest BCUT2D eigenvalue weighted by Crippen LogP contribution is -2.23. The molecule has 0 bridgehead atoms. The summed E-state index contributed by atoms with van der Waals surface area (Å²) in [5.74, 6) is -1.96. The van der Waals surface area contributed by atoms with Crippen LogP contribution in [0.4, 0.5) is 4.39 Å². The highest BCUT2D eigenvalue weighted by Gasteiger charge is 2.06. The van der Waals surface area contributed by atoms with Crippen molar-refractivity contribution in [2.24, 2.45) is 0 Å². The summed E-state index contributed by atoms with van der Waals surface area (Å²) in [5.41, 5.74) is 1.05. The van der Waals surface area contributed by atoms with E-state index < -0.39 is 11.8 Å². The number of halogens is 1. The number of aromatic carboxylic acids is 1. The Morgan fingerprint density at radius 2 is 1.75 bits per heavy atom. The van der Waals surface area contributed by atoms with Gasteiger partial charge in [0.2, 0.25) is 0 Å².